The summed E-state index contributed by atoms with van der Waals surface area (Å²) in [5, 5.41) is 3.23. The van der Waals surface area contributed by atoms with E-state index in [1.807, 2.05) is 0 Å². The first-order valence-corrected chi connectivity index (χ1v) is 8.03. The summed E-state index contributed by atoms with van der Waals surface area (Å²) in [6.45, 7) is 3.02. The maximum Gasteiger partial charge on any atom is 0.317 e. The van der Waals surface area contributed by atoms with Crippen LogP contribution >= 0.6 is 0 Å². The number of nitrogens with zero attached hydrogens (tertiary/aromatic N) is 1. The number of amides is 2. The van der Waals surface area contributed by atoms with E-state index in [1.54, 1.807) is 0 Å². The third-order valence-corrected chi connectivity index (χ3v) is 4.59. The normalized spacial score (nSPS) is 28.3. The Balaban J connectivity index is 1.88. The number of hydrogen-bond donors (Lipinski definition) is 2. The van der Waals surface area contributed by atoms with Crippen LogP contribution in [-0.2, 0) is 0 Å². The highest BCUT2D eigenvalue weighted by Gasteiger charge is 2.28. The number of nitrogens with one attached hydrogen (secondary N) is 1. The van der Waals surface area contributed by atoms with Gasteiger partial charge < -0.3 is 16.0 Å². The molecule has 2 aliphatic carbocycles. The zero-order valence-corrected chi connectivity index (χ0v) is 12.2. The third kappa shape index (κ3) is 4.10. The largest absolute Gasteiger partial charge is 0.335 e. The number of rotatable bonds is 4. The van der Waals surface area contributed by atoms with Gasteiger partial charge in [-0.3, -0.25) is 0 Å². The standard InChI is InChI=1S/C15H29N3O/c1-2-11-18(14-9-7-12(16)8-10-14)15(19)17-13-5-3-4-6-13/h12-14H,2-11,16H2,1H3,(H,17,19). The van der Waals surface area contributed by atoms with Crippen molar-refractivity contribution < 1.29 is 4.79 Å². The minimum Gasteiger partial charge on any atom is -0.335 e. The summed E-state index contributed by atoms with van der Waals surface area (Å²) in [4.78, 5) is 14.5. The van der Waals surface area contributed by atoms with Crippen molar-refractivity contribution in [3.63, 3.8) is 0 Å². The molecule has 0 aromatic carbocycles. The van der Waals surface area contributed by atoms with E-state index in [0.717, 1.165) is 51.5 Å². The van der Waals surface area contributed by atoms with Gasteiger partial charge in [0.25, 0.3) is 0 Å². The van der Waals surface area contributed by atoms with Crippen molar-refractivity contribution in [3.8, 4) is 0 Å². The van der Waals surface area contributed by atoms with Crippen LogP contribution in [0.5, 0.6) is 0 Å². The van der Waals surface area contributed by atoms with Crippen molar-refractivity contribution in [1.82, 2.24) is 10.2 Å². The minimum atomic E-state index is 0.161. The average Bonchev–Trinajstić information content (AvgIpc) is 2.90. The summed E-state index contributed by atoms with van der Waals surface area (Å²) in [6, 6.07) is 1.32. The number of carbonyl (C=O) groups is 1. The summed E-state index contributed by atoms with van der Waals surface area (Å²) in [7, 11) is 0. The second kappa shape index (κ2) is 7.13. The summed E-state index contributed by atoms with van der Waals surface area (Å²) in [6.07, 6.45) is 10.1. The summed E-state index contributed by atoms with van der Waals surface area (Å²) < 4.78 is 0. The fourth-order valence-electron chi connectivity index (χ4n) is 3.43. The molecule has 0 heterocycles. The molecule has 0 spiro atoms. The molecular weight excluding hydrogens is 238 g/mol. The summed E-state index contributed by atoms with van der Waals surface area (Å²) in [5.74, 6) is 0. The van der Waals surface area contributed by atoms with E-state index in [-0.39, 0.29) is 6.03 Å². The van der Waals surface area contributed by atoms with Gasteiger partial charge in [-0.1, -0.05) is 19.8 Å². The van der Waals surface area contributed by atoms with Crippen LogP contribution < -0.4 is 11.1 Å². The Labute approximate surface area is 117 Å². The summed E-state index contributed by atoms with van der Waals surface area (Å²) >= 11 is 0. The highest BCUT2D eigenvalue weighted by atomic mass is 16.2. The maximum atomic E-state index is 12.5. The lowest BCUT2D eigenvalue weighted by atomic mass is 9.91. The molecule has 3 N–H and O–H groups in total. The van der Waals surface area contributed by atoms with Gasteiger partial charge in [-0.15, -0.1) is 0 Å². The second-order valence-electron chi connectivity index (χ2n) is 6.19. The van der Waals surface area contributed by atoms with Crippen LogP contribution in [0.15, 0.2) is 0 Å². The summed E-state index contributed by atoms with van der Waals surface area (Å²) in [5.41, 5.74) is 5.96. The van der Waals surface area contributed by atoms with Crippen LogP contribution in [0.25, 0.3) is 0 Å². The lowest BCUT2D eigenvalue weighted by molar-refractivity contribution is 0.149. The molecule has 2 rings (SSSR count). The third-order valence-electron chi connectivity index (χ3n) is 4.59. The fourth-order valence-corrected chi connectivity index (χ4v) is 3.43. The maximum absolute atomic E-state index is 12.5. The van der Waals surface area contributed by atoms with E-state index in [0.29, 0.717) is 18.1 Å². The van der Waals surface area contributed by atoms with Gasteiger partial charge in [0.1, 0.15) is 0 Å². The molecule has 0 unspecified atom stereocenters. The Hall–Kier alpha value is -0.770. The van der Waals surface area contributed by atoms with Gasteiger partial charge in [0.05, 0.1) is 0 Å². The number of nitrogens with two attached hydrogens (primary N) is 1. The van der Waals surface area contributed by atoms with E-state index in [1.165, 1.54) is 12.8 Å². The first-order chi connectivity index (χ1) is 9.20. The molecule has 2 aliphatic rings. The van der Waals surface area contributed by atoms with Crippen molar-refractivity contribution in [2.45, 2.75) is 82.8 Å². The van der Waals surface area contributed by atoms with Gasteiger partial charge in [-0.25, -0.2) is 4.79 Å². The molecule has 0 saturated heterocycles. The quantitative estimate of drug-likeness (QED) is 0.822. The van der Waals surface area contributed by atoms with Gasteiger partial charge in [-0.2, -0.15) is 0 Å². The van der Waals surface area contributed by atoms with Crippen LogP contribution in [-0.4, -0.2) is 35.6 Å². The fraction of sp³-hybridized carbons (Fsp3) is 0.933. The van der Waals surface area contributed by atoms with Crippen LogP contribution in [0.3, 0.4) is 0 Å². The molecule has 2 saturated carbocycles. The molecule has 0 aliphatic heterocycles. The van der Waals surface area contributed by atoms with Gasteiger partial charge >= 0.3 is 6.03 Å². The Kier molecular flexibility index (Phi) is 5.49. The van der Waals surface area contributed by atoms with Crippen LogP contribution in [0, 0.1) is 0 Å². The highest BCUT2D eigenvalue weighted by molar-refractivity contribution is 5.75. The molecule has 4 nitrogen and oxygen atoms in total. The smallest absolute Gasteiger partial charge is 0.317 e. The Morgan fingerprint density at radius 2 is 1.79 bits per heavy atom. The lowest BCUT2D eigenvalue weighted by Gasteiger charge is -2.36. The Morgan fingerprint density at radius 1 is 1.16 bits per heavy atom. The Bertz CT molecular complexity index is 281. The second-order valence-corrected chi connectivity index (χ2v) is 6.19. The molecule has 110 valence electrons. The van der Waals surface area contributed by atoms with Crippen LogP contribution in [0.4, 0.5) is 4.79 Å². The molecule has 0 radical (unpaired) electrons. The van der Waals surface area contributed by atoms with Crippen molar-refractivity contribution in [2.24, 2.45) is 5.73 Å². The molecule has 0 atom stereocenters. The molecule has 4 heteroatoms. The monoisotopic (exact) mass is 267 g/mol. The van der Waals surface area contributed by atoms with E-state index in [4.69, 9.17) is 5.73 Å². The predicted octanol–water partition coefficient (Wildman–Crippen LogP) is 2.62. The van der Waals surface area contributed by atoms with Crippen molar-refractivity contribution in [3.05, 3.63) is 0 Å². The topological polar surface area (TPSA) is 58.4 Å². The van der Waals surface area contributed by atoms with E-state index < -0.39 is 0 Å². The van der Waals surface area contributed by atoms with Gasteiger partial charge in [0.15, 0.2) is 0 Å². The minimum absolute atomic E-state index is 0.161. The number of hydrogen-bond acceptors (Lipinski definition) is 2. The van der Waals surface area contributed by atoms with E-state index >= 15 is 0 Å². The first kappa shape index (κ1) is 14.6. The molecule has 19 heavy (non-hydrogen) atoms. The molecule has 2 amide bonds. The first-order valence-electron chi connectivity index (χ1n) is 8.03. The van der Waals surface area contributed by atoms with E-state index in [9.17, 15) is 4.79 Å². The zero-order chi connectivity index (χ0) is 13.7. The number of carbonyl (C=O) groups excluding carboxylic acids is 1. The van der Waals surface area contributed by atoms with Gasteiger partial charge in [-0.05, 0) is 44.9 Å². The Morgan fingerprint density at radius 3 is 2.37 bits per heavy atom. The van der Waals surface area contributed by atoms with E-state index in [2.05, 4.69) is 17.1 Å². The van der Waals surface area contributed by atoms with Gasteiger partial charge in [0, 0.05) is 24.7 Å². The van der Waals surface area contributed by atoms with Gasteiger partial charge in [0.2, 0.25) is 0 Å². The average molecular weight is 267 g/mol. The van der Waals surface area contributed by atoms with Crippen molar-refractivity contribution in [2.75, 3.05) is 6.54 Å². The lowest BCUT2D eigenvalue weighted by Crippen LogP contribution is -2.50. The van der Waals surface area contributed by atoms with Crippen LogP contribution in [0.2, 0.25) is 0 Å². The SMILES string of the molecule is CCCN(C(=O)NC1CCCC1)C1CCC(N)CC1. The zero-order valence-electron chi connectivity index (χ0n) is 12.2. The molecule has 2 fully saturated rings. The predicted molar refractivity (Wildman–Crippen MR) is 78.0 cm³/mol. The van der Waals surface area contributed by atoms with Crippen LogP contribution in [0.1, 0.15) is 64.7 Å². The molecule has 0 bridgehead atoms. The highest BCUT2D eigenvalue weighted by Crippen LogP contribution is 2.23. The molecular formula is C15H29N3O. The van der Waals surface area contributed by atoms with Crippen molar-refractivity contribution in [1.29, 1.82) is 0 Å². The molecule has 0 aromatic heterocycles. The van der Waals surface area contributed by atoms with Crippen molar-refractivity contribution >= 4 is 6.03 Å². The molecule has 0 aromatic rings. The number of urea groups is 1.